The molecule has 0 radical (unpaired) electrons. The maximum Gasteiger partial charge on any atom is 0.226 e. The van der Waals surface area contributed by atoms with Gasteiger partial charge >= 0.3 is 0 Å². The van der Waals surface area contributed by atoms with Gasteiger partial charge in [0.1, 0.15) is 17.3 Å². The lowest BCUT2D eigenvalue weighted by molar-refractivity contribution is -0.116. The van der Waals surface area contributed by atoms with Gasteiger partial charge in [-0.1, -0.05) is 18.2 Å². The quantitative estimate of drug-likeness (QED) is 0.378. The molecule has 1 heterocycles. The van der Waals surface area contributed by atoms with Crippen molar-refractivity contribution in [1.82, 2.24) is 9.78 Å². The van der Waals surface area contributed by atoms with E-state index in [9.17, 15) is 9.18 Å². The van der Waals surface area contributed by atoms with Gasteiger partial charge in [0.2, 0.25) is 11.8 Å². The van der Waals surface area contributed by atoms with Gasteiger partial charge < -0.3 is 14.8 Å². The predicted molar refractivity (Wildman–Crippen MR) is 125 cm³/mol. The molecule has 3 aromatic carbocycles. The molecule has 0 spiro atoms. The van der Waals surface area contributed by atoms with Crippen molar-refractivity contribution in [3.8, 4) is 23.1 Å². The minimum absolute atomic E-state index is 0.177. The van der Waals surface area contributed by atoms with Crippen LogP contribution in [0.4, 0.5) is 10.1 Å². The fraction of sp³-hybridized carbons (Fsp3) is 0.154. The number of nitrogens with one attached hydrogen (secondary N) is 1. The molecule has 0 saturated heterocycles. The molecule has 6 nitrogen and oxygen atoms in total. The normalized spacial score (nSPS) is 10.6. The van der Waals surface area contributed by atoms with Gasteiger partial charge in [0.05, 0.1) is 18.5 Å². The van der Waals surface area contributed by atoms with Crippen molar-refractivity contribution in [3.63, 3.8) is 0 Å². The van der Waals surface area contributed by atoms with E-state index in [0.717, 1.165) is 22.7 Å². The molecule has 1 N–H and O–H groups in total. The molecule has 1 aromatic heterocycles. The Kier molecular flexibility index (Phi) is 6.69. The second-order valence-corrected chi connectivity index (χ2v) is 7.45. The Hall–Kier alpha value is -4.13. The molecule has 0 aliphatic heterocycles. The minimum Gasteiger partial charge on any atom is -0.497 e. The topological polar surface area (TPSA) is 65.4 Å². The number of aromatic nitrogens is 2. The molecule has 0 fully saturated rings. The van der Waals surface area contributed by atoms with Gasteiger partial charge in [-0.3, -0.25) is 4.79 Å². The Labute approximate surface area is 191 Å². The summed E-state index contributed by atoms with van der Waals surface area (Å²) in [6.07, 6.45) is 0.648. The van der Waals surface area contributed by atoms with Gasteiger partial charge in [-0.15, -0.1) is 0 Å². The number of nitrogens with zero attached hydrogens (tertiary/aromatic N) is 2. The number of hydrogen-bond donors (Lipinski definition) is 1. The monoisotopic (exact) mass is 445 g/mol. The van der Waals surface area contributed by atoms with E-state index in [0.29, 0.717) is 23.7 Å². The first kappa shape index (κ1) is 22.1. The van der Waals surface area contributed by atoms with E-state index in [4.69, 9.17) is 9.47 Å². The van der Waals surface area contributed by atoms with Gasteiger partial charge in [-0.25, -0.2) is 9.07 Å². The Morgan fingerprint density at radius 3 is 2.33 bits per heavy atom. The average Bonchev–Trinajstić information content (AvgIpc) is 3.14. The summed E-state index contributed by atoms with van der Waals surface area (Å²) in [7, 11) is 1.62. The number of benzene rings is 3. The molecular formula is C26H24FN3O3. The lowest BCUT2D eigenvalue weighted by atomic mass is 10.1. The molecule has 4 aromatic rings. The van der Waals surface area contributed by atoms with E-state index >= 15 is 0 Å². The molecule has 0 saturated carbocycles. The van der Waals surface area contributed by atoms with Gasteiger partial charge in [-0.2, -0.15) is 5.10 Å². The van der Waals surface area contributed by atoms with Crippen LogP contribution in [0.3, 0.4) is 0 Å². The van der Waals surface area contributed by atoms with Crippen LogP contribution in [0.25, 0.3) is 5.69 Å². The Morgan fingerprint density at radius 1 is 0.970 bits per heavy atom. The molecule has 0 aliphatic carbocycles. The van der Waals surface area contributed by atoms with Crippen molar-refractivity contribution in [2.24, 2.45) is 0 Å². The Morgan fingerprint density at radius 2 is 1.67 bits per heavy atom. The first-order valence-corrected chi connectivity index (χ1v) is 10.5. The summed E-state index contributed by atoms with van der Waals surface area (Å²) in [5.74, 6) is 1.44. The molecule has 1 amide bonds. The second kappa shape index (κ2) is 9.99. The van der Waals surface area contributed by atoms with Crippen molar-refractivity contribution >= 4 is 11.6 Å². The van der Waals surface area contributed by atoms with Crippen LogP contribution >= 0.6 is 0 Å². The number of hydrogen-bond acceptors (Lipinski definition) is 4. The molecule has 0 bridgehead atoms. The highest BCUT2D eigenvalue weighted by Crippen LogP contribution is 2.32. The highest BCUT2D eigenvalue weighted by molar-refractivity contribution is 5.90. The van der Waals surface area contributed by atoms with Crippen molar-refractivity contribution in [1.29, 1.82) is 0 Å². The number of aryl methyl sites for hydroxylation is 1. The number of anilines is 1. The average molecular weight is 445 g/mol. The number of amides is 1. The van der Waals surface area contributed by atoms with Crippen LogP contribution in [0.5, 0.6) is 17.4 Å². The summed E-state index contributed by atoms with van der Waals surface area (Å²) in [5.41, 5.74) is 2.97. The van der Waals surface area contributed by atoms with Crippen molar-refractivity contribution in [2.45, 2.75) is 19.8 Å². The number of carbonyl (C=O) groups excluding carboxylic acids is 1. The van der Waals surface area contributed by atoms with E-state index in [1.54, 1.807) is 11.8 Å². The molecule has 168 valence electrons. The predicted octanol–water partition coefficient (Wildman–Crippen LogP) is 5.69. The van der Waals surface area contributed by atoms with Gasteiger partial charge in [-0.05, 0) is 74.0 Å². The van der Waals surface area contributed by atoms with Crippen molar-refractivity contribution < 1.29 is 18.7 Å². The van der Waals surface area contributed by atoms with E-state index in [1.807, 2.05) is 61.5 Å². The first-order valence-electron chi connectivity index (χ1n) is 10.5. The molecule has 4 rings (SSSR count). The number of ether oxygens (including phenoxy) is 2. The second-order valence-electron chi connectivity index (χ2n) is 7.45. The van der Waals surface area contributed by atoms with E-state index in [1.165, 1.54) is 24.3 Å². The summed E-state index contributed by atoms with van der Waals surface area (Å²) in [6, 6.07) is 22.6. The largest absolute Gasteiger partial charge is 0.497 e. The number of methoxy groups -OCH3 is 1. The molecule has 0 aliphatic rings. The Bertz CT molecular complexity index is 1220. The van der Waals surface area contributed by atoms with Crippen LogP contribution in [0.2, 0.25) is 0 Å². The zero-order valence-electron chi connectivity index (χ0n) is 18.4. The third-order valence-electron chi connectivity index (χ3n) is 5.14. The summed E-state index contributed by atoms with van der Waals surface area (Å²) < 4.78 is 26.3. The van der Waals surface area contributed by atoms with Crippen LogP contribution < -0.4 is 14.8 Å². The standard InChI is InChI=1S/C26H24FN3O3/c1-18-24(16-17-25(31)28-20-10-8-19(27)9-11-20)26(33-23-6-4-3-5-7-23)30(29-18)21-12-14-22(32-2)15-13-21/h3-15H,16-17H2,1-2H3,(H,28,31). The fourth-order valence-corrected chi connectivity index (χ4v) is 3.42. The molecular weight excluding hydrogens is 421 g/mol. The summed E-state index contributed by atoms with van der Waals surface area (Å²) in [5, 5.41) is 7.47. The summed E-state index contributed by atoms with van der Waals surface area (Å²) >= 11 is 0. The third kappa shape index (κ3) is 5.38. The molecule has 0 unspecified atom stereocenters. The maximum absolute atomic E-state index is 13.1. The highest BCUT2D eigenvalue weighted by Gasteiger charge is 2.20. The van der Waals surface area contributed by atoms with E-state index in [2.05, 4.69) is 10.4 Å². The smallest absolute Gasteiger partial charge is 0.226 e. The lowest BCUT2D eigenvalue weighted by Gasteiger charge is -2.12. The molecule has 0 atom stereocenters. The minimum atomic E-state index is -0.350. The van der Waals surface area contributed by atoms with E-state index < -0.39 is 0 Å². The number of carbonyl (C=O) groups is 1. The SMILES string of the molecule is COc1ccc(-n2nc(C)c(CCC(=O)Nc3ccc(F)cc3)c2Oc2ccccc2)cc1. The zero-order valence-corrected chi connectivity index (χ0v) is 18.4. The highest BCUT2D eigenvalue weighted by atomic mass is 19.1. The van der Waals surface area contributed by atoms with Crippen LogP contribution in [-0.4, -0.2) is 22.8 Å². The summed E-state index contributed by atoms with van der Waals surface area (Å²) in [4.78, 5) is 12.5. The zero-order chi connectivity index (χ0) is 23.2. The van der Waals surface area contributed by atoms with Crippen molar-refractivity contribution in [2.75, 3.05) is 12.4 Å². The third-order valence-corrected chi connectivity index (χ3v) is 5.14. The first-order chi connectivity index (χ1) is 16.0. The fourth-order valence-electron chi connectivity index (χ4n) is 3.42. The number of halogens is 1. The van der Waals surface area contributed by atoms with Gasteiger partial charge in [0.15, 0.2) is 0 Å². The van der Waals surface area contributed by atoms with Crippen LogP contribution in [-0.2, 0) is 11.2 Å². The van der Waals surface area contributed by atoms with Gasteiger partial charge in [0.25, 0.3) is 0 Å². The number of para-hydroxylation sites is 1. The lowest BCUT2D eigenvalue weighted by Crippen LogP contribution is -2.12. The van der Waals surface area contributed by atoms with Crippen LogP contribution in [0.15, 0.2) is 78.9 Å². The van der Waals surface area contributed by atoms with E-state index in [-0.39, 0.29) is 18.1 Å². The maximum atomic E-state index is 13.1. The number of rotatable bonds is 8. The molecule has 7 heteroatoms. The van der Waals surface area contributed by atoms with Crippen LogP contribution in [0.1, 0.15) is 17.7 Å². The Balaban J connectivity index is 1.59. The van der Waals surface area contributed by atoms with Crippen LogP contribution in [0, 0.1) is 12.7 Å². The van der Waals surface area contributed by atoms with Crippen molar-refractivity contribution in [3.05, 3.63) is 95.9 Å². The molecule has 33 heavy (non-hydrogen) atoms. The van der Waals surface area contributed by atoms with Gasteiger partial charge in [0, 0.05) is 17.7 Å². The summed E-state index contributed by atoms with van der Waals surface area (Å²) in [6.45, 7) is 1.89.